The highest BCUT2D eigenvalue weighted by atomic mass is 16.6. The lowest BCUT2D eigenvalue weighted by Crippen LogP contribution is -2.32. The van der Waals surface area contributed by atoms with Crippen molar-refractivity contribution in [2.45, 2.75) is 6.42 Å². The number of anilines is 1. The average Bonchev–Trinajstić information content (AvgIpc) is 2.75. The number of methoxy groups -OCH3 is 2. The van der Waals surface area contributed by atoms with Crippen molar-refractivity contribution in [3.05, 3.63) is 57.6 Å². The monoisotopic (exact) mass is 417 g/mol. The molecule has 2 aromatic rings. The Hall–Kier alpha value is -3.82. The van der Waals surface area contributed by atoms with Gasteiger partial charge in [0.1, 0.15) is 5.69 Å². The van der Waals surface area contributed by atoms with E-state index in [1.54, 1.807) is 27.3 Å². The lowest BCUT2D eigenvalue weighted by Gasteiger charge is -2.17. The summed E-state index contributed by atoms with van der Waals surface area (Å²) in [5.74, 6) is -0.0514. The molecular weight excluding hydrogens is 394 g/mol. The fraction of sp³-hybridized carbons (Fsp3) is 0.300. The van der Waals surface area contributed by atoms with Crippen molar-refractivity contribution >= 4 is 23.3 Å². The second-order valence-electron chi connectivity index (χ2n) is 6.36. The molecule has 10 heteroatoms. The number of hydrogen-bond acceptors (Lipinski definition) is 8. The molecule has 0 aliphatic rings. The minimum absolute atomic E-state index is 0.0586. The molecule has 2 N–H and O–H groups in total. The number of nitrogens with zero attached hydrogens (tertiary/aromatic N) is 2. The number of esters is 1. The number of nitrogens with two attached hydrogens (primary N) is 1. The topological polar surface area (TPSA) is 134 Å². The van der Waals surface area contributed by atoms with Crippen molar-refractivity contribution in [1.82, 2.24) is 4.90 Å². The summed E-state index contributed by atoms with van der Waals surface area (Å²) in [5, 5.41) is 10.9. The molecule has 160 valence electrons. The largest absolute Gasteiger partial charge is 0.493 e. The van der Waals surface area contributed by atoms with Crippen LogP contribution >= 0.6 is 0 Å². The Morgan fingerprint density at radius 3 is 2.43 bits per heavy atom. The second-order valence-corrected chi connectivity index (χ2v) is 6.36. The van der Waals surface area contributed by atoms with Gasteiger partial charge in [-0.25, -0.2) is 4.79 Å². The van der Waals surface area contributed by atoms with Crippen LogP contribution in [0.1, 0.15) is 15.9 Å². The van der Waals surface area contributed by atoms with Gasteiger partial charge in [0.05, 0.1) is 24.7 Å². The first-order valence-electron chi connectivity index (χ1n) is 8.92. The Bertz CT molecular complexity index is 946. The van der Waals surface area contributed by atoms with Crippen molar-refractivity contribution in [2.24, 2.45) is 0 Å². The van der Waals surface area contributed by atoms with Crippen LogP contribution in [0.4, 0.5) is 11.4 Å². The van der Waals surface area contributed by atoms with Crippen LogP contribution in [0.5, 0.6) is 11.5 Å². The first-order valence-corrected chi connectivity index (χ1v) is 8.92. The highest BCUT2D eigenvalue weighted by Crippen LogP contribution is 2.27. The van der Waals surface area contributed by atoms with Gasteiger partial charge in [0, 0.05) is 19.7 Å². The maximum absolute atomic E-state index is 12.2. The third-order valence-corrected chi connectivity index (χ3v) is 4.40. The molecule has 0 unspecified atom stereocenters. The van der Waals surface area contributed by atoms with Crippen molar-refractivity contribution in [1.29, 1.82) is 0 Å². The minimum atomic E-state index is -0.847. The SMILES string of the molecule is COc1ccc(CCN(C)C(=O)COC(=O)c2ccc(N)c([N+](=O)[O-])c2)cc1OC. The number of rotatable bonds is 9. The van der Waals surface area contributed by atoms with E-state index < -0.39 is 29.1 Å². The molecule has 0 bridgehead atoms. The molecule has 0 aliphatic heterocycles. The van der Waals surface area contributed by atoms with E-state index in [4.69, 9.17) is 19.9 Å². The van der Waals surface area contributed by atoms with Crippen LogP contribution in [-0.2, 0) is 16.0 Å². The summed E-state index contributed by atoms with van der Waals surface area (Å²) in [6, 6.07) is 9.03. The zero-order chi connectivity index (χ0) is 22.3. The molecule has 0 aromatic heterocycles. The van der Waals surface area contributed by atoms with E-state index in [9.17, 15) is 19.7 Å². The van der Waals surface area contributed by atoms with Crippen LogP contribution in [-0.4, -0.2) is 56.1 Å². The third-order valence-electron chi connectivity index (χ3n) is 4.40. The van der Waals surface area contributed by atoms with Gasteiger partial charge < -0.3 is 24.8 Å². The molecule has 0 heterocycles. The molecule has 0 atom stereocenters. The smallest absolute Gasteiger partial charge is 0.338 e. The number of amides is 1. The first kappa shape index (κ1) is 22.5. The van der Waals surface area contributed by atoms with Crippen LogP contribution in [0.3, 0.4) is 0 Å². The molecule has 10 nitrogen and oxygen atoms in total. The number of likely N-dealkylation sites (N-methyl/N-ethyl adjacent to an activating group) is 1. The number of carbonyl (C=O) groups excluding carboxylic acids is 2. The van der Waals surface area contributed by atoms with Gasteiger partial charge in [0.2, 0.25) is 0 Å². The Morgan fingerprint density at radius 2 is 1.80 bits per heavy atom. The molecule has 0 saturated heterocycles. The normalized spacial score (nSPS) is 10.2. The fourth-order valence-corrected chi connectivity index (χ4v) is 2.61. The zero-order valence-electron chi connectivity index (χ0n) is 16.9. The zero-order valence-corrected chi connectivity index (χ0v) is 16.9. The molecule has 0 spiro atoms. The molecule has 0 aliphatic carbocycles. The summed E-state index contributed by atoms with van der Waals surface area (Å²) in [6.07, 6.45) is 0.556. The van der Waals surface area contributed by atoms with Gasteiger partial charge in [-0.2, -0.15) is 0 Å². The Kier molecular flexibility index (Phi) is 7.56. The summed E-state index contributed by atoms with van der Waals surface area (Å²) in [5.41, 5.74) is 5.92. The Morgan fingerprint density at radius 1 is 1.10 bits per heavy atom. The Balaban J connectivity index is 1.89. The van der Waals surface area contributed by atoms with Gasteiger partial charge in [-0.15, -0.1) is 0 Å². The summed E-state index contributed by atoms with van der Waals surface area (Å²) in [6.45, 7) is -0.0986. The van der Waals surface area contributed by atoms with E-state index in [1.165, 1.54) is 17.0 Å². The lowest BCUT2D eigenvalue weighted by molar-refractivity contribution is -0.383. The highest BCUT2D eigenvalue weighted by Gasteiger charge is 2.18. The van der Waals surface area contributed by atoms with Crippen LogP contribution in [0.15, 0.2) is 36.4 Å². The van der Waals surface area contributed by atoms with E-state index in [2.05, 4.69) is 0 Å². The van der Waals surface area contributed by atoms with Gasteiger partial charge >= 0.3 is 5.97 Å². The van der Waals surface area contributed by atoms with E-state index in [0.29, 0.717) is 24.5 Å². The molecule has 0 saturated carbocycles. The molecular formula is C20H23N3O7. The molecule has 0 fully saturated rings. The van der Waals surface area contributed by atoms with E-state index in [0.717, 1.165) is 11.6 Å². The maximum Gasteiger partial charge on any atom is 0.338 e. The van der Waals surface area contributed by atoms with Gasteiger partial charge in [-0.1, -0.05) is 6.07 Å². The van der Waals surface area contributed by atoms with Crippen molar-refractivity contribution in [2.75, 3.05) is 40.2 Å². The first-order chi connectivity index (χ1) is 14.3. The van der Waals surface area contributed by atoms with E-state index >= 15 is 0 Å². The number of nitrogen functional groups attached to an aromatic ring is 1. The highest BCUT2D eigenvalue weighted by molar-refractivity contribution is 5.92. The fourth-order valence-electron chi connectivity index (χ4n) is 2.61. The summed E-state index contributed by atoms with van der Waals surface area (Å²) in [7, 11) is 4.68. The number of nitro groups is 1. The maximum atomic E-state index is 12.2. The third kappa shape index (κ3) is 5.60. The molecule has 1 amide bonds. The standard InChI is InChI=1S/C20H23N3O7/c1-22(9-8-13-4-7-17(28-2)18(10-13)29-3)19(24)12-30-20(25)14-5-6-15(21)16(11-14)23(26)27/h4-7,10-11H,8-9,12,21H2,1-3H3. The van der Waals surface area contributed by atoms with Crippen molar-refractivity contribution < 1.29 is 28.7 Å². The predicted molar refractivity (Wildman–Crippen MR) is 109 cm³/mol. The van der Waals surface area contributed by atoms with Crippen LogP contribution in [0.25, 0.3) is 0 Å². The van der Waals surface area contributed by atoms with Gasteiger partial charge in [-0.05, 0) is 36.2 Å². The summed E-state index contributed by atoms with van der Waals surface area (Å²) >= 11 is 0. The lowest BCUT2D eigenvalue weighted by atomic mass is 10.1. The second kappa shape index (κ2) is 10.1. The van der Waals surface area contributed by atoms with Crippen LogP contribution in [0.2, 0.25) is 0 Å². The average molecular weight is 417 g/mol. The molecule has 0 radical (unpaired) electrons. The minimum Gasteiger partial charge on any atom is -0.493 e. The number of hydrogen-bond donors (Lipinski definition) is 1. The van der Waals surface area contributed by atoms with Crippen LogP contribution in [0, 0.1) is 10.1 Å². The number of ether oxygens (including phenoxy) is 3. The Labute approximate surface area is 173 Å². The van der Waals surface area contributed by atoms with Gasteiger partial charge in [0.25, 0.3) is 11.6 Å². The number of nitro benzene ring substituents is 1. The quantitative estimate of drug-likeness (QED) is 0.283. The van der Waals surface area contributed by atoms with Gasteiger partial charge in [0.15, 0.2) is 18.1 Å². The predicted octanol–water partition coefficient (Wildman–Crippen LogP) is 2.05. The number of benzene rings is 2. The van der Waals surface area contributed by atoms with Gasteiger partial charge in [-0.3, -0.25) is 14.9 Å². The molecule has 30 heavy (non-hydrogen) atoms. The summed E-state index contributed by atoms with van der Waals surface area (Å²) in [4.78, 5) is 36.0. The van der Waals surface area contributed by atoms with E-state index in [1.807, 2.05) is 12.1 Å². The molecule has 2 rings (SSSR count). The molecule has 2 aromatic carbocycles. The summed E-state index contributed by atoms with van der Waals surface area (Å²) < 4.78 is 15.4. The van der Waals surface area contributed by atoms with Crippen LogP contribution < -0.4 is 15.2 Å². The van der Waals surface area contributed by atoms with E-state index in [-0.39, 0.29) is 11.3 Å². The number of carbonyl (C=O) groups is 2. The van der Waals surface area contributed by atoms with Crippen molar-refractivity contribution in [3.8, 4) is 11.5 Å². The van der Waals surface area contributed by atoms with Crippen molar-refractivity contribution in [3.63, 3.8) is 0 Å².